The van der Waals surface area contributed by atoms with Crippen LogP contribution in [0, 0.1) is 0 Å². The van der Waals surface area contributed by atoms with E-state index in [1.54, 1.807) is 0 Å². The van der Waals surface area contributed by atoms with Gasteiger partial charge in [-0.3, -0.25) is 4.79 Å². The van der Waals surface area contributed by atoms with E-state index in [2.05, 4.69) is 40.6 Å². The molecule has 0 aromatic heterocycles. The second-order valence-electron chi connectivity index (χ2n) is 4.21. The third-order valence-corrected chi connectivity index (χ3v) is 3.05. The van der Waals surface area contributed by atoms with Gasteiger partial charge in [-0.1, -0.05) is 41.6 Å². The number of hydrogen-bond acceptors (Lipinski definition) is 1. The Bertz CT molecular complexity index is 346. The molecule has 0 radical (unpaired) electrons. The zero-order chi connectivity index (χ0) is 10.8. The van der Waals surface area contributed by atoms with Crippen LogP contribution in [0.25, 0.3) is 0 Å². The molecule has 4 heteroatoms. The molecule has 1 aromatic carbocycles. The third kappa shape index (κ3) is 3.63. The fourth-order valence-corrected chi connectivity index (χ4v) is 2.27. The SMILES string of the molecule is C[Si](C)(C)NC(=O)c1cccc(Br)c1. The number of rotatable bonds is 2. The normalized spacial score (nSPS) is 11.1. The van der Waals surface area contributed by atoms with Gasteiger partial charge in [0.05, 0.1) is 0 Å². The molecule has 0 fully saturated rings. The van der Waals surface area contributed by atoms with Gasteiger partial charge < -0.3 is 4.98 Å². The summed E-state index contributed by atoms with van der Waals surface area (Å²) in [7, 11) is -1.54. The first kappa shape index (κ1) is 11.5. The number of nitrogens with one attached hydrogen (secondary N) is 1. The highest BCUT2D eigenvalue weighted by Gasteiger charge is 2.17. The van der Waals surface area contributed by atoms with E-state index < -0.39 is 8.24 Å². The van der Waals surface area contributed by atoms with Crippen LogP contribution in [0.2, 0.25) is 19.6 Å². The zero-order valence-electron chi connectivity index (χ0n) is 8.60. The molecule has 0 heterocycles. The van der Waals surface area contributed by atoms with Crippen LogP contribution in [0.1, 0.15) is 10.4 Å². The summed E-state index contributed by atoms with van der Waals surface area (Å²) in [5.74, 6) is 0.0190. The Morgan fingerprint density at radius 3 is 2.50 bits per heavy atom. The Kier molecular flexibility index (Phi) is 3.50. The van der Waals surface area contributed by atoms with E-state index in [9.17, 15) is 4.79 Å². The summed E-state index contributed by atoms with van der Waals surface area (Å²) < 4.78 is 0.931. The standard InChI is InChI=1S/C10H14BrNOSi/c1-14(2,3)12-10(13)8-5-4-6-9(11)7-8/h4-7H,1-3H3,(H,12,13). The second kappa shape index (κ2) is 4.27. The lowest BCUT2D eigenvalue weighted by Gasteiger charge is -2.17. The van der Waals surface area contributed by atoms with Crippen LogP contribution < -0.4 is 4.98 Å². The Morgan fingerprint density at radius 2 is 2.00 bits per heavy atom. The molecule has 0 unspecified atom stereocenters. The van der Waals surface area contributed by atoms with Crippen molar-refractivity contribution in [1.82, 2.24) is 4.98 Å². The van der Waals surface area contributed by atoms with Crippen molar-refractivity contribution in [2.75, 3.05) is 0 Å². The van der Waals surface area contributed by atoms with Crippen molar-refractivity contribution in [3.8, 4) is 0 Å². The molecule has 0 aliphatic heterocycles. The van der Waals surface area contributed by atoms with Crippen LogP contribution in [0.3, 0.4) is 0 Å². The summed E-state index contributed by atoms with van der Waals surface area (Å²) in [6.45, 7) is 6.30. The molecule has 0 aliphatic rings. The van der Waals surface area contributed by atoms with Gasteiger partial charge in [0.2, 0.25) is 5.91 Å². The molecule has 0 aliphatic carbocycles. The van der Waals surface area contributed by atoms with Crippen molar-refractivity contribution < 1.29 is 4.79 Å². The molecule has 1 rings (SSSR count). The Labute approximate surface area is 93.9 Å². The molecule has 0 saturated heterocycles. The molecular formula is C10H14BrNOSi. The van der Waals surface area contributed by atoms with Crippen molar-refractivity contribution in [1.29, 1.82) is 0 Å². The largest absolute Gasteiger partial charge is 0.378 e. The number of hydrogen-bond donors (Lipinski definition) is 1. The molecule has 0 spiro atoms. The monoisotopic (exact) mass is 271 g/mol. The molecule has 0 atom stereocenters. The van der Waals surface area contributed by atoms with Crippen LogP contribution in [-0.4, -0.2) is 14.1 Å². The molecule has 2 nitrogen and oxygen atoms in total. The maximum Gasteiger partial charge on any atom is 0.243 e. The average Bonchev–Trinajstić information content (AvgIpc) is 2.01. The van der Waals surface area contributed by atoms with E-state index >= 15 is 0 Å². The highest BCUT2D eigenvalue weighted by atomic mass is 79.9. The van der Waals surface area contributed by atoms with Crippen LogP contribution >= 0.6 is 15.9 Å². The Balaban J connectivity index is 2.80. The van der Waals surface area contributed by atoms with Crippen molar-refractivity contribution in [3.05, 3.63) is 34.3 Å². The first-order chi connectivity index (χ1) is 6.38. The number of amides is 1. The van der Waals surface area contributed by atoms with Crippen molar-refractivity contribution in [2.45, 2.75) is 19.6 Å². The molecule has 1 aromatic rings. The fraction of sp³-hybridized carbons (Fsp3) is 0.300. The minimum atomic E-state index is -1.54. The first-order valence-corrected chi connectivity index (χ1v) is 8.76. The van der Waals surface area contributed by atoms with E-state index in [-0.39, 0.29) is 5.91 Å². The van der Waals surface area contributed by atoms with Crippen molar-refractivity contribution >= 4 is 30.1 Å². The number of carbonyl (C=O) groups excluding carboxylic acids is 1. The van der Waals surface area contributed by atoms with Crippen molar-refractivity contribution in [3.63, 3.8) is 0 Å². The van der Waals surface area contributed by atoms with E-state index in [0.717, 1.165) is 4.47 Å². The van der Waals surface area contributed by atoms with Crippen LogP contribution in [0.5, 0.6) is 0 Å². The van der Waals surface area contributed by atoms with Crippen molar-refractivity contribution in [2.24, 2.45) is 0 Å². The van der Waals surface area contributed by atoms with E-state index in [1.165, 1.54) is 0 Å². The van der Waals surface area contributed by atoms with Gasteiger partial charge in [-0.05, 0) is 18.2 Å². The maximum atomic E-state index is 11.7. The number of benzene rings is 1. The van der Waals surface area contributed by atoms with Gasteiger partial charge in [0.15, 0.2) is 0 Å². The summed E-state index contributed by atoms with van der Waals surface area (Å²) in [6, 6.07) is 7.42. The summed E-state index contributed by atoms with van der Waals surface area (Å²) in [6.07, 6.45) is 0. The minimum Gasteiger partial charge on any atom is -0.378 e. The predicted octanol–water partition coefficient (Wildman–Crippen LogP) is 3.01. The van der Waals surface area contributed by atoms with Crippen LogP contribution in [0.15, 0.2) is 28.7 Å². The Morgan fingerprint density at radius 1 is 1.36 bits per heavy atom. The predicted molar refractivity (Wildman–Crippen MR) is 65.0 cm³/mol. The second-order valence-corrected chi connectivity index (χ2v) is 9.88. The van der Waals surface area contributed by atoms with E-state index in [4.69, 9.17) is 0 Å². The summed E-state index contributed by atoms with van der Waals surface area (Å²) in [5, 5.41) is 0. The van der Waals surface area contributed by atoms with Gasteiger partial charge >= 0.3 is 0 Å². The molecule has 14 heavy (non-hydrogen) atoms. The molecule has 1 N–H and O–H groups in total. The van der Waals surface area contributed by atoms with Gasteiger partial charge in [-0.2, -0.15) is 0 Å². The quantitative estimate of drug-likeness (QED) is 0.824. The number of carbonyl (C=O) groups is 1. The van der Waals surface area contributed by atoms with Gasteiger partial charge in [-0.15, -0.1) is 0 Å². The molecule has 0 saturated carbocycles. The highest BCUT2D eigenvalue weighted by Crippen LogP contribution is 2.12. The minimum absolute atomic E-state index is 0.0190. The lowest BCUT2D eigenvalue weighted by atomic mass is 10.2. The van der Waals surface area contributed by atoms with Crippen LogP contribution in [-0.2, 0) is 0 Å². The van der Waals surface area contributed by atoms with E-state index in [0.29, 0.717) is 5.56 Å². The molecule has 0 bridgehead atoms. The first-order valence-electron chi connectivity index (χ1n) is 4.46. The van der Waals surface area contributed by atoms with Gasteiger partial charge in [0.1, 0.15) is 8.24 Å². The van der Waals surface area contributed by atoms with E-state index in [1.807, 2.05) is 24.3 Å². The zero-order valence-corrected chi connectivity index (χ0v) is 11.2. The topological polar surface area (TPSA) is 29.1 Å². The lowest BCUT2D eigenvalue weighted by molar-refractivity contribution is 0.0978. The van der Waals surface area contributed by atoms with Crippen LogP contribution in [0.4, 0.5) is 0 Å². The number of halogens is 1. The summed E-state index contributed by atoms with van der Waals surface area (Å²) >= 11 is 3.34. The average molecular weight is 272 g/mol. The van der Waals surface area contributed by atoms with Gasteiger partial charge in [-0.25, -0.2) is 0 Å². The molecule has 76 valence electrons. The summed E-state index contributed by atoms with van der Waals surface area (Å²) in [5.41, 5.74) is 0.710. The molecule has 1 amide bonds. The summed E-state index contributed by atoms with van der Waals surface area (Å²) in [4.78, 5) is 14.8. The van der Waals surface area contributed by atoms with Gasteiger partial charge in [0.25, 0.3) is 0 Å². The highest BCUT2D eigenvalue weighted by molar-refractivity contribution is 9.10. The molecular weight excluding hydrogens is 258 g/mol. The lowest BCUT2D eigenvalue weighted by Crippen LogP contribution is -2.45. The smallest absolute Gasteiger partial charge is 0.243 e. The third-order valence-electron chi connectivity index (χ3n) is 1.58. The fourth-order valence-electron chi connectivity index (χ4n) is 1.04. The maximum absolute atomic E-state index is 11.7. The Hall–Kier alpha value is -0.613. The van der Waals surface area contributed by atoms with Gasteiger partial charge in [0, 0.05) is 10.0 Å².